The highest BCUT2D eigenvalue weighted by molar-refractivity contribution is 7.09. The van der Waals surface area contributed by atoms with Crippen LogP contribution in [-0.2, 0) is 13.0 Å². The summed E-state index contributed by atoms with van der Waals surface area (Å²) in [6, 6.07) is 0.375. The fourth-order valence-electron chi connectivity index (χ4n) is 1.99. The number of nitrogens with zero attached hydrogens (tertiary/aromatic N) is 2. The van der Waals surface area contributed by atoms with Gasteiger partial charge in [0.05, 0.1) is 12.2 Å². The minimum absolute atomic E-state index is 0. The molecule has 1 unspecified atom stereocenters. The summed E-state index contributed by atoms with van der Waals surface area (Å²) in [5.74, 6) is 0. The zero-order valence-electron chi connectivity index (χ0n) is 9.69. The lowest BCUT2D eigenvalue weighted by molar-refractivity contribution is 0.326. The van der Waals surface area contributed by atoms with E-state index in [0.717, 1.165) is 32.5 Å². The smallest absolute Gasteiger partial charge is 0.107 e. The first kappa shape index (κ1) is 13.9. The zero-order chi connectivity index (χ0) is 10.7. The van der Waals surface area contributed by atoms with Gasteiger partial charge in [-0.1, -0.05) is 13.3 Å². The van der Waals surface area contributed by atoms with Gasteiger partial charge in [-0.15, -0.1) is 23.7 Å². The van der Waals surface area contributed by atoms with Crippen LogP contribution in [0.25, 0.3) is 0 Å². The third-order valence-electron chi connectivity index (χ3n) is 2.77. The minimum atomic E-state index is 0. The van der Waals surface area contributed by atoms with Gasteiger partial charge >= 0.3 is 0 Å². The lowest BCUT2D eigenvalue weighted by Gasteiger charge is -2.12. The Hall–Kier alpha value is -0.160. The first-order chi connectivity index (χ1) is 7.28. The molecule has 16 heavy (non-hydrogen) atoms. The summed E-state index contributed by atoms with van der Waals surface area (Å²) in [6.07, 6.45) is 3.42. The average molecular weight is 262 g/mol. The molecule has 1 fully saturated rings. The van der Waals surface area contributed by atoms with Crippen LogP contribution in [0.1, 0.15) is 30.5 Å². The Kier molecular flexibility index (Phi) is 5.69. The van der Waals surface area contributed by atoms with Gasteiger partial charge in [0, 0.05) is 24.5 Å². The number of likely N-dealkylation sites (tertiary alicyclic amines) is 1. The standard InChI is InChI=1S/C11H19N3S.ClH/c1-2-3-10-8-15-11(13-10)7-14-5-4-9(12)6-14;/h8-9H,2-7,12H2,1H3;1H. The molecule has 1 aliphatic rings. The predicted octanol–water partition coefficient (Wildman–Crippen LogP) is 2.05. The summed E-state index contributed by atoms with van der Waals surface area (Å²) in [5.41, 5.74) is 7.12. The lowest BCUT2D eigenvalue weighted by Crippen LogP contribution is -2.26. The van der Waals surface area contributed by atoms with Gasteiger partial charge in [0.25, 0.3) is 0 Å². The van der Waals surface area contributed by atoms with Crippen LogP contribution in [0.2, 0.25) is 0 Å². The zero-order valence-corrected chi connectivity index (χ0v) is 11.3. The van der Waals surface area contributed by atoms with Gasteiger partial charge in [-0.05, 0) is 12.8 Å². The van der Waals surface area contributed by atoms with Crippen molar-refractivity contribution < 1.29 is 0 Å². The normalized spacial score (nSPS) is 21.0. The molecule has 0 radical (unpaired) electrons. The van der Waals surface area contributed by atoms with Crippen molar-refractivity contribution in [2.24, 2.45) is 5.73 Å². The molecule has 1 aromatic heterocycles. The van der Waals surface area contributed by atoms with Crippen LogP contribution in [0, 0.1) is 0 Å². The third-order valence-corrected chi connectivity index (χ3v) is 3.66. The summed E-state index contributed by atoms with van der Waals surface area (Å²) in [5, 5.41) is 3.43. The molecule has 1 aromatic rings. The topological polar surface area (TPSA) is 42.1 Å². The van der Waals surface area contributed by atoms with Gasteiger partial charge in [-0.25, -0.2) is 4.98 Å². The van der Waals surface area contributed by atoms with E-state index in [2.05, 4.69) is 22.2 Å². The summed E-state index contributed by atoms with van der Waals surface area (Å²) >= 11 is 1.78. The molecule has 0 bridgehead atoms. The second kappa shape index (κ2) is 6.55. The maximum absolute atomic E-state index is 5.87. The summed E-state index contributed by atoms with van der Waals surface area (Å²) in [6.45, 7) is 5.34. The Bertz CT molecular complexity index is 316. The number of thiazole rings is 1. The van der Waals surface area contributed by atoms with Crippen LogP contribution in [0.15, 0.2) is 5.38 Å². The summed E-state index contributed by atoms with van der Waals surface area (Å²) in [4.78, 5) is 7.03. The van der Waals surface area contributed by atoms with Crippen molar-refractivity contribution >= 4 is 23.7 Å². The molecule has 3 nitrogen and oxygen atoms in total. The lowest BCUT2D eigenvalue weighted by atomic mass is 10.3. The van der Waals surface area contributed by atoms with E-state index in [-0.39, 0.29) is 12.4 Å². The highest BCUT2D eigenvalue weighted by Gasteiger charge is 2.19. The molecule has 2 heterocycles. The Labute approximate surface area is 107 Å². The van der Waals surface area contributed by atoms with Crippen molar-refractivity contribution in [3.63, 3.8) is 0 Å². The second-order valence-electron chi connectivity index (χ2n) is 4.27. The number of aromatic nitrogens is 1. The van der Waals surface area contributed by atoms with Gasteiger partial charge < -0.3 is 5.73 Å². The van der Waals surface area contributed by atoms with Crippen LogP contribution in [0.5, 0.6) is 0 Å². The Morgan fingerprint density at radius 2 is 2.44 bits per heavy atom. The SMILES string of the molecule is CCCc1csc(CN2CCC(N)C2)n1.Cl. The van der Waals surface area contributed by atoms with Gasteiger partial charge in [0.15, 0.2) is 0 Å². The molecule has 2 N–H and O–H groups in total. The molecule has 0 amide bonds. The highest BCUT2D eigenvalue weighted by Crippen LogP contribution is 2.16. The van der Waals surface area contributed by atoms with Crippen LogP contribution in [0.4, 0.5) is 0 Å². The first-order valence-electron chi connectivity index (χ1n) is 5.69. The van der Waals surface area contributed by atoms with E-state index in [0.29, 0.717) is 6.04 Å². The number of aryl methyl sites for hydroxylation is 1. The summed E-state index contributed by atoms with van der Waals surface area (Å²) in [7, 11) is 0. The molecule has 0 aliphatic carbocycles. The van der Waals surface area contributed by atoms with Crippen molar-refractivity contribution in [2.75, 3.05) is 13.1 Å². The fourth-order valence-corrected chi connectivity index (χ4v) is 2.86. The van der Waals surface area contributed by atoms with Crippen molar-refractivity contribution in [2.45, 2.75) is 38.8 Å². The fraction of sp³-hybridized carbons (Fsp3) is 0.727. The van der Waals surface area contributed by atoms with Crippen molar-refractivity contribution in [1.82, 2.24) is 9.88 Å². The van der Waals surface area contributed by atoms with Crippen LogP contribution in [0.3, 0.4) is 0 Å². The Morgan fingerprint density at radius 1 is 1.62 bits per heavy atom. The molecule has 0 saturated carbocycles. The monoisotopic (exact) mass is 261 g/mol. The number of nitrogens with two attached hydrogens (primary N) is 1. The van der Waals surface area contributed by atoms with E-state index < -0.39 is 0 Å². The molecule has 2 rings (SSSR count). The predicted molar refractivity (Wildman–Crippen MR) is 71.2 cm³/mol. The number of hydrogen-bond donors (Lipinski definition) is 1. The first-order valence-corrected chi connectivity index (χ1v) is 6.57. The maximum atomic E-state index is 5.87. The van der Waals surface area contributed by atoms with Gasteiger partial charge in [-0.2, -0.15) is 0 Å². The maximum Gasteiger partial charge on any atom is 0.107 e. The van der Waals surface area contributed by atoms with E-state index in [9.17, 15) is 0 Å². The summed E-state index contributed by atoms with van der Waals surface area (Å²) < 4.78 is 0. The van der Waals surface area contributed by atoms with Gasteiger partial charge in [0.1, 0.15) is 5.01 Å². The second-order valence-corrected chi connectivity index (χ2v) is 5.21. The molecule has 5 heteroatoms. The van der Waals surface area contributed by atoms with Crippen molar-refractivity contribution in [3.8, 4) is 0 Å². The molecule has 1 aliphatic heterocycles. The largest absolute Gasteiger partial charge is 0.326 e. The Morgan fingerprint density at radius 3 is 3.06 bits per heavy atom. The van der Waals surface area contributed by atoms with Gasteiger partial charge in [0.2, 0.25) is 0 Å². The Balaban J connectivity index is 0.00000128. The number of halogens is 1. The molecule has 1 saturated heterocycles. The van der Waals surface area contributed by atoms with Crippen molar-refractivity contribution in [3.05, 3.63) is 16.1 Å². The number of rotatable bonds is 4. The van der Waals surface area contributed by atoms with E-state index >= 15 is 0 Å². The molecule has 92 valence electrons. The highest BCUT2D eigenvalue weighted by atomic mass is 35.5. The molecule has 0 aromatic carbocycles. The van der Waals surface area contributed by atoms with Gasteiger partial charge in [-0.3, -0.25) is 4.90 Å². The van der Waals surface area contributed by atoms with E-state index in [1.165, 1.54) is 17.1 Å². The molecule has 1 atom stereocenters. The minimum Gasteiger partial charge on any atom is -0.326 e. The van der Waals surface area contributed by atoms with Crippen LogP contribution in [-0.4, -0.2) is 29.0 Å². The third kappa shape index (κ3) is 3.70. The molecular formula is C11H20ClN3S. The quantitative estimate of drug-likeness (QED) is 0.902. The average Bonchev–Trinajstić information content (AvgIpc) is 2.78. The van der Waals surface area contributed by atoms with Crippen molar-refractivity contribution in [1.29, 1.82) is 0 Å². The van der Waals surface area contributed by atoms with Crippen LogP contribution >= 0.6 is 23.7 Å². The molecular weight excluding hydrogens is 242 g/mol. The van der Waals surface area contributed by atoms with Crippen LogP contribution < -0.4 is 5.73 Å². The van der Waals surface area contributed by atoms with E-state index in [1.807, 2.05) is 0 Å². The van der Waals surface area contributed by atoms with E-state index in [1.54, 1.807) is 11.3 Å². The van der Waals surface area contributed by atoms with E-state index in [4.69, 9.17) is 5.73 Å². The molecule has 0 spiro atoms. The number of hydrogen-bond acceptors (Lipinski definition) is 4.